The maximum atomic E-state index is 12.5. The molecule has 2 fully saturated rings. The molecule has 2 saturated heterocycles. The van der Waals surface area contributed by atoms with Gasteiger partial charge in [-0.2, -0.15) is 0 Å². The zero-order chi connectivity index (χ0) is 17.6. The van der Waals surface area contributed by atoms with E-state index >= 15 is 0 Å². The first-order chi connectivity index (χ1) is 12.2. The molecule has 6 nitrogen and oxygen atoms in total. The summed E-state index contributed by atoms with van der Waals surface area (Å²) in [5.41, 5.74) is 0. The van der Waals surface area contributed by atoms with Crippen molar-refractivity contribution in [2.45, 2.75) is 70.2 Å². The molecule has 3 heterocycles. The van der Waals surface area contributed by atoms with Gasteiger partial charge in [-0.05, 0) is 38.0 Å². The molecule has 0 aromatic carbocycles. The quantitative estimate of drug-likeness (QED) is 0.695. The van der Waals surface area contributed by atoms with Gasteiger partial charge in [0, 0.05) is 26.1 Å². The van der Waals surface area contributed by atoms with Crippen molar-refractivity contribution in [3.63, 3.8) is 0 Å². The zero-order valence-corrected chi connectivity index (χ0v) is 16.3. The lowest BCUT2D eigenvalue weighted by Crippen LogP contribution is -2.40. The van der Waals surface area contributed by atoms with Crippen LogP contribution in [-0.2, 0) is 22.5 Å². The third kappa shape index (κ3) is 4.97. The summed E-state index contributed by atoms with van der Waals surface area (Å²) in [6, 6.07) is 0. The molecule has 0 spiro atoms. The van der Waals surface area contributed by atoms with Crippen molar-refractivity contribution < 1.29 is 9.53 Å². The fraction of sp³-hybridized carbons (Fsp3) is 0.833. The number of hydrogen-bond donors (Lipinski definition) is 0. The standard InChI is InChI=1S/C18H30N4O2S/c1-3-6-16-19-20-18(22(16)12-15-8-5-10-24-15)25-13-17(23)21-9-4-7-14(2)11-21/h14-15H,3-13H2,1-2H3/t14-,15-/m0/s1. The van der Waals surface area contributed by atoms with E-state index in [4.69, 9.17) is 4.74 Å². The van der Waals surface area contributed by atoms with Gasteiger partial charge >= 0.3 is 0 Å². The molecule has 0 aliphatic carbocycles. The number of carbonyl (C=O) groups excluding carboxylic acids is 1. The Morgan fingerprint density at radius 2 is 2.20 bits per heavy atom. The molecule has 7 heteroatoms. The van der Waals surface area contributed by atoms with Crippen LogP contribution in [0.15, 0.2) is 5.16 Å². The van der Waals surface area contributed by atoms with Crippen LogP contribution in [0, 0.1) is 5.92 Å². The van der Waals surface area contributed by atoms with Crippen LogP contribution in [0.3, 0.4) is 0 Å². The Hall–Kier alpha value is -1.08. The van der Waals surface area contributed by atoms with E-state index in [9.17, 15) is 4.79 Å². The lowest BCUT2D eigenvalue weighted by Gasteiger charge is -2.30. The summed E-state index contributed by atoms with van der Waals surface area (Å²) >= 11 is 1.52. The molecular weight excluding hydrogens is 336 g/mol. The summed E-state index contributed by atoms with van der Waals surface area (Å²) in [6.07, 6.45) is 6.78. The fourth-order valence-corrected chi connectivity index (χ4v) is 4.51. The Morgan fingerprint density at radius 1 is 1.32 bits per heavy atom. The lowest BCUT2D eigenvalue weighted by atomic mass is 10.0. The van der Waals surface area contributed by atoms with Gasteiger partial charge in [0.05, 0.1) is 18.4 Å². The van der Waals surface area contributed by atoms with Gasteiger partial charge in [-0.3, -0.25) is 4.79 Å². The highest BCUT2D eigenvalue weighted by atomic mass is 32.2. The minimum Gasteiger partial charge on any atom is -0.376 e. The predicted octanol–water partition coefficient (Wildman–Crippen LogP) is 2.76. The van der Waals surface area contributed by atoms with E-state index in [2.05, 4.69) is 28.6 Å². The molecular formula is C18H30N4O2S. The first-order valence-corrected chi connectivity index (χ1v) is 10.6. The fourth-order valence-electron chi connectivity index (χ4n) is 3.64. The van der Waals surface area contributed by atoms with E-state index in [1.165, 1.54) is 18.2 Å². The highest BCUT2D eigenvalue weighted by molar-refractivity contribution is 7.99. The molecule has 0 bridgehead atoms. The summed E-state index contributed by atoms with van der Waals surface area (Å²) in [6.45, 7) is 7.82. The molecule has 1 amide bonds. The second-order valence-electron chi connectivity index (χ2n) is 7.27. The summed E-state index contributed by atoms with van der Waals surface area (Å²) in [4.78, 5) is 14.5. The topological polar surface area (TPSA) is 60.2 Å². The van der Waals surface area contributed by atoms with Gasteiger partial charge in [-0.25, -0.2) is 0 Å². The first-order valence-electron chi connectivity index (χ1n) is 9.61. The number of thioether (sulfide) groups is 1. The molecule has 3 rings (SSSR count). The maximum absolute atomic E-state index is 12.5. The molecule has 2 aliphatic heterocycles. The van der Waals surface area contributed by atoms with Gasteiger partial charge in [0.1, 0.15) is 5.82 Å². The molecule has 0 radical (unpaired) electrons. The largest absolute Gasteiger partial charge is 0.376 e. The molecule has 0 saturated carbocycles. The molecule has 0 N–H and O–H groups in total. The first kappa shape index (κ1) is 18.7. The number of aromatic nitrogens is 3. The van der Waals surface area contributed by atoms with Crippen molar-refractivity contribution in [3.8, 4) is 0 Å². The molecule has 2 atom stereocenters. The normalized spacial score (nSPS) is 24.0. The third-order valence-electron chi connectivity index (χ3n) is 5.01. The van der Waals surface area contributed by atoms with E-state index < -0.39 is 0 Å². The zero-order valence-electron chi connectivity index (χ0n) is 15.4. The van der Waals surface area contributed by atoms with Crippen molar-refractivity contribution in [2.24, 2.45) is 5.92 Å². The Bertz CT molecular complexity index is 571. The number of ether oxygens (including phenoxy) is 1. The van der Waals surface area contributed by atoms with Crippen LogP contribution in [-0.4, -0.2) is 57.1 Å². The minimum atomic E-state index is 0.222. The summed E-state index contributed by atoms with van der Waals surface area (Å²) in [5.74, 6) is 2.30. The number of likely N-dealkylation sites (tertiary alicyclic amines) is 1. The van der Waals surface area contributed by atoms with Crippen LogP contribution < -0.4 is 0 Å². The summed E-state index contributed by atoms with van der Waals surface area (Å²) in [7, 11) is 0. The van der Waals surface area contributed by atoms with Gasteiger partial charge < -0.3 is 14.2 Å². The van der Waals surface area contributed by atoms with E-state index in [0.717, 1.165) is 69.3 Å². The van der Waals surface area contributed by atoms with E-state index in [0.29, 0.717) is 11.7 Å². The molecule has 1 aromatic heterocycles. The van der Waals surface area contributed by atoms with Crippen molar-refractivity contribution >= 4 is 17.7 Å². The maximum Gasteiger partial charge on any atom is 0.233 e. The van der Waals surface area contributed by atoms with Crippen molar-refractivity contribution in [2.75, 3.05) is 25.4 Å². The van der Waals surface area contributed by atoms with Crippen LogP contribution in [0.2, 0.25) is 0 Å². The smallest absolute Gasteiger partial charge is 0.233 e. The second kappa shape index (κ2) is 9.03. The lowest BCUT2D eigenvalue weighted by molar-refractivity contribution is -0.130. The van der Waals surface area contributed by atoms with Gasteiger partial charge in [-0.15, -0.1) is 10.2 Å². The minimum absolute atomic E-state index is 0.222. The van der Waals surface area contributed by atoms with E-state index in [-0.39, 0.29) is 12.0 Å². The van der Waals surface area contributed by atoms with Crippen molar-refractivity contribution in [1.29, 1.82) is 0 Å². The van der Waals surface area contributed by atoms with E-state index in [1.54, 1.807) is 0 Å². The Balaban J connectivity index is 1.61. The van der Waals surface area contributed by atoms with Crippen molar-refractivity contribution in [3.05, 3.63) is 5.82 Å². The Labute approximate surface area is 154 Å². The van der Waals surface area contributed by atoms with Gasteiger partial charge in [0.15, 0.2) is 5.16 Å². The summed E-state index contributed by atoms with van der Waals surface area (Å²) < 4.78 is 7.96. The van der Waals surface area contributed by atoms with Gasteiger partial charge in [-0.1, -0.05) is 25.6 Å². The highest BCUT2D eigenvalue weighted by Crippen LogP contribution is 2.23. The number of nitrogens with zero attached hydrogens (tertiary/aromatic N) is 4. The SMILES string of the molecule is CCCc1nnc(SCC(=O)N2CCC[C@H](C)C2)n1C[C@@H]1CCCO1. The average Bonchev–Trinajstić information content (AvgIpc) is 3.24. The van der Waals surface area contributed by atoms with Gasteiger partial charge in [0.25, 0.3) is 0 Å². The van der Waals surface area contributed by atoms with Crippen LogP contribution in [0.25, 0.3) is 0 Å². The van der Waals surface area contributed by atoms with Crippen LogP contribution in [0.5, 0.6) is 0 Å². The number of piperidine rings is 1. The Morgan fingerprint density at radius 3 is 2.92 bits per heavy atom. The Kier molecular flexibility index (Phi) is 6.76. The van der Waals surface area contributed by atoms with Crippen LogP contribution in [0.4, 0.5) is 0 Å². The third-order valence-corrected chi connectivity index (χ3v) is 5.96. The van der Waals surface area contributed by atoms with Crippen LogP contribution >= 0.6 is 11.8 Å². The molecule has 140 valence electrons. The second-order valence-corrected chi connectivity index (χ2v) is 8.21. The number of amides is 1. The predicted molar refractivity (Wildman–Crippen MR) is 98.7 cm³/mol. The number of carbonyl (C=O) groups is 1. The number of hydrogen-bond acceptors (Lipinski definition) is 5. The molecule has 0 unspecified atom stereocenters. The monoisotopic (exact) mass is 366 g/mol. The molecule has 2 aliphatic rings. The van der Waals surface area contributed by atoms with E-state index in [1.807, 2.05) is 4.90 Å². The van der Waals surface area contributed by atoms with Crippen LogP contribution in [0.1, 0.15) is 51.8 Å². The average molecular weight is 367 g/mol. The highest BCUT2D eigenvalue weighted by Gasteiger charge is 2.24. The summed E-state index contributed by atoms with van der Waals surface area (Å²) in [5, 5.41) is 9.58. The van der Waals surface area contributed by atoms with Gasteiger partial charge in [0.2, 0.25) is 5.91 Å². The van der Waals surface area contributed by atoms with Crippen molar-refractivity contribution in [1.82, 2.24) is 19.7 Å². The number of aryl methyl sites for hydroxylation is 1. The molecule has 1 aromatic rings. The molecule has 25 heavy (non-hydrogen) atoms. The number of rotatable bonds is 7.